The molecule has 0 aromatic heterocycles. The third-order valence-corrected chi connectivity index (χ3v) is 256. The van der Waals surface area contributed by atoms with Gasteiger partial charge in [0.25, 0.3) is 0 Å². The zero-order valence-corrected chi connectivity index (χ0v) is 55.0. The average molecular weight is 1060 g/mol. The van der Waals surface area contributed by atoms with E-state index in [1.54, 1.807) is 0 Å². The molecule has 0 aliphatic rings. The van der Waals surface area contributed by atoms with E-state index >= 15 is 0 Å². The van der Waals surface area contributed by atoms with Crippen LogP contribution in [0.5, 0.6) is 0 Å². The van der Waals surface area contributed by atoms with Gasteiger partial charge >= 0.3 is 0 Å². The van der Waals surface area contributed by atoms with Crippen molar-refractivity contribution in [3.8, 4) is 0 Å². The molecule has 0 amide bonds. The van der Waals surface area contributed by atoms with Gasteiger partial charge in [-0.2, -0.15) is 0 Å². The first-order chi connectivity index (χ1) is 17.5. The van der Waals surface area contributed by atoms with Gasteiger partial charge in [-0.25, -0.2) is 0 Å². The molecule has 0 nitrogen and oxygen atoms in total. The van der Waals surface area contributed by atoms with Gasteiger partial charge in [-0.15, -0.1) is 0 Å². The molecule has 0 spiro atoms. The molecule has 0 rings (SSSR count). The van der Waals surface area contributed by atoms with Gasteiger partial charge in [-0.1, -0.05) is 183 Å². The zero-order chi connectivity index (χ0) is 35.3. The molecule has 0 saturated heterocycles. The molecule has 0 bridgehead atoms. The zero-order valence-electron chi connectivity index (χ0n) is 35.9. The van der Waals surface area contributed by atoms with Gasteiger partial charge in [0.1, 0.15) is 0 Å². The molecule has 0 aromatic carbocycles. The summed E-state index contributed by atoms with van der Waals surface area (Å²) < 4.78 is 0. The van der Waals surface area contributed by atoms with Crippen molar-refractivity contribution in [2.24, 2.45) is 0 Å². The van der Waals surface area contributed by atoms with Gasteiger partial charge in [-0.05, 0) is 0 Å². The minimum absolute atomic E-state index is 0. The molecule has 0 unspecified atom stereocenters. The third-order valence-electron chi connectivity index (χ3n) is 8.50. The number of rotatable bonds is 12. The van der Waals surface area contributed by atoms with Crippen LogP contribution in [0.4, 0.5) is 0 Å². The second kappa shape index (κ2) is 17.7. The van der Waals surface area contributed by atoms with Crippen LogP contribution in [0.2, 0.25) is 183 Å². The molecular weight excluding hydrogens is 973 g/mol. The fraction of sp³-hybridized carbons (Fsp3) is 1.00. The first-order valence-corrected chi connectivity index (χ1v) is 69.0. The molecule has 0 N–H and O–H groups in total. The molecule has 0 fully saturated rings. The Balaban J connectivity index is -0.000000348. The van der Waals surface area contributed by atoms with Crippen LogP contribution >= 0.6 is 0 Å². The van der Waals surface area contributed by atoms with Crippen molar-refractivity contribution < 1.29 is 0 Å². The van der Waals surface area contributed by atoms with Crippen molar-refractivity contribution in [1.82, 2.24) is 0 Å². The Morgan fingerprint density at radius 3 is 0.295 bits per heavy atom. The molecule has 262 valence electrons. The summed E-state index contributed by atoms with van der Waals surface area (Å²) in [6.07, 6.45) is 0. The van der Waals surface area contributed by atoms with Crippen LogP contribution in [0.15, 0.2) is 0 Å². The Morgan fingerprint density at radius 2 is 0.250 bits per heavy atom. The normalized spacial score (nSPS) is 15.3. The standard InChI is InChI=1S/2C14H42Si7.2Sb/c2*1-17(2,3)15(18(4,5)6)21(13,14)16(19(7,8)9)20(10,11)12;;/h2*1-14H3;;. The van der Waals surface area contributed by atoms with Gasteiger partial charge < -0.3 is 0 Å². The summed E-state index contributed by atoms with van der Waals surface area (Å²) in [6.45, 7) is 77.0. The summed E-state index contributed by atoms with van der Waals surface area (Å²) in [6, 6.07) is 0. The Morgan fingerprint density at radius 1 is 0.182 bits per heavy atom. The molecule has 16 heteroatoms. The molecule has 10 radical (unpaired) electrons. The Bertz CT molecular complexity index is 659. The van der Waals surface area contributed by atoms with Crippen molar-refractivity contribution >= 4 is 153 Å². The summed E-state index contributed by atoms with van der Waals surface area (Å²) in [5.41, 5.74) is 0. The van der Waals surface area contributed by atoms with E-state index in [4.69, 9.17) is 0 Å². The molecular formula is C28H84Sb2Si14. The maximum absolute atomic E-state index is 2.89. The van der Waals surface area contributed by atoms with E-state index in [0.717, 1.165) is 0 Å². The minimum Gasteiger partial charge on any atom is -0.0743 e. The van der Waals surface area contributed by atoms with Crippen LogP contribution in [0.1, 0.15) is 0 Å². The Labute approximate surface area is 332 Å². The average Bonchev–Trinajstić information content (AvgIpc) is 2.38. The van der Waals surface area contributed by atoms with Crippen LogP contribution in [-0.2, 0) is 0 Å². The van der Waals surface area contributed by atoms with Gasteiger partial charge in [0.05, 0.1) is 0 Å². The van der Waals surface area contributed by atoms with Crippen LogP contribution in [0.3, 0.4) is 0 Å². The second-order valence-corrected chi connectivity index (χ2v) is 158. The molecule has 0 aromatic rings. The SMILES string of the molecule is C[Si](C)(C)[Si]([Si](C)(C)C)[Si](C)(C)[Si]([Si](C)(C)C)[Si](C)(C)C.C[Si](C)(C)[Si]([Si](C)(C)C)[Si](C)(C)[Si]([Si](C)(C)C)[Si](C)(C)C.[Sb].[Sb]. The molecule has 0 atom stereocenters. The summed E-state index contributed by atoms with van der Waals surface area (Å²) in [4.78, 5) is 0. The monoisotopic (exact) mass is 1050 g/mol. The number of hydrogen-bond acceptors (Lipinski definition) is 0. The maximum atomic E-state index is 2.89. The van der Waals surface area contributed by atoms with E-state index in [9.17, 15) is 0 Å². The fourth-order valence-electron chi connectivity index (χ4n) is 12.2. The predicted octanol–water partition coefficient (Wildman–Crippen LogP) is 10.3. The van der Waals surface area contributed by atoms with E-state index in [-0.39, 0.29) is 78.3 Å². The van der Waals surface area contributed by atoms with Gasteiger partial charge in [0, 0.05) is 153 Å². The van der Waals surface area contributed by atoms with Crippen LogP contribution in [-0.4, -0.2) is 153 Å². The molecule has 0 saturated carbocycles. The summed E-state index contributed by atoms with van der Waals surface area (Å²) >= 11 is 0. The maximum Gasteiger partial charge on any atom is 0.0303 e. The van der Waals surface area contributed by atoms with Gasteiger partial charge in [0.15, 0.2) is 0 Å². The van der Waals surface area contributed by atoms with Crippen molar-refractivity contribution in [3.05, 3.63) is 0 Å². The van der Waals surface area contributed by atoms with Crippen molar-refractivity contribution in [2.45, 2.75) is 183 Å². The topological polar surface area (TPSA) is 0 Å². The van der Waals surface area contributed by atoms with Crippen LogP contribution in [0, 0.1) is 0 Å². The first kappa shape index (κ1) is 55.4. The molecule has 0 aliphatic heterocycles. The summed E-state index contributed by atoms with van der Waals surface area (Å²) in [5.74, 6) is 0. The third kappa shape index (κ3) is 16.6. The van der Waals surface area contributed by atoms with Gasteiger partial charge in [-0.3, -0.25) is 0 Å². The van der Waals surface area contributed by atoms with E-state index in [0.29, 0.717) is 0 Å². The summed E-state index contributed by atoms with van der Waals surface area (Å²) in [7, 11) is -10.3. The molecule has 0 aliphatic carbocycles. The quantitative estimate of drug-likeness (QED) is 0.171. The predicted molar refractivity (Wildman–Crippen MR) is 256 cm³/mol. The van der Waals surface area contributed by atoms with Crippen LogP contribution < -0.4 is 0 Å². The largest absolute Gasteiger partial charge is 0.0743 e. The minimum atomic E-state index is -1.05. The summed E-state index contributed by atoms with van der Waals surface area (Å²) in [5, 5.41) is 0. The first-order valence-electron chi connectivity index (χ1n) is 17.0. The number of hydrogen-bond donors (Lipinski definition) is 0. The van der Waals surface area contributed by atoms with E-state index in [1.165, 1.54) is 0 Å². The van der Waals surface area contributed by atoms with Crippen molar-refractivity contribution in [3.63, 3.8) is 0 Å². The van der Waals surface area contributed by atoms with E-state index in [2.05, 4.69) is 183 Å². The Hall–Kier alpha value is 4.67. The fourth-order valence-corrected chi connectivity index (χ4v) is 466. The van der Waals surface area contributed by atoms with Crippen LogP contribution in [0.25, 0.3) is 0 Å². The second-order valence-electron chi connectivity index (χ2n) is 22.8. The Kier molecular flexibility index (Phi) is 22.3. The molecule has 0 heterocycles. The van der Waals surface area contributed by atoms with Gasteiger partial charge in [0.2, 0.25) is 0 Å². The van der Waals surface area contributed by atoms with Crippen molar-refractivity contribution in [2.75, 3.05) is 0 Å². The molecule has 44 heavy (non-hydrogen) atoms. The van der Waals surface area contributed by atoms with Crippen molar-refractivity contribution in [1.29, 1.82) is 0 Å². The smallest absolute Gasteiger partial charge is 0.0303 e. The van der Waals surface area contributed by atoms with E-state index in [1.807, 2.05) is 0 Å². The van der Waals surface area contributed by atoms with E-state index < -0.39 is 74.9 Å².